The summed E-state index contributed by atoms with van der Waals surface area (Å²) in [5, 5.41) is 8.07. The van der Waals surface area contributed by atoms with E-state index >= 15 is 0 Å². The van der Waals surface area contributed by atoms with Crippen LogP contribution in [0.2, 0.25) is 0 Å². The second kappa shape index (κ2) is 7.57. The van der Waals surface area contributed by atoms with E-state index in [0.29, 0.717) is 5.69 Å². The lowest BCUT2D eigenvalue weighted by molar-refractivity contribution is 0.111. The number of methoxy groups -OCH3 is 1. The number of ether oxygens (including phenoxy) is 1. The van der Waals surface area contributed by atoms with Crippen molar-refractivity contribution in [1.29, 1.82) is 0 Å². The summed E-state index contributed by atoms with van der Waals surface area (Å²) in [5.74, 6) is 0.786. The molecule has 0 unspecified atom stereocenters. The number of aryl methyl sites for hydroxylation is 1. The first-order chi connectivity index (χ1) is 10.3. The molecule has 2 rings (SSSR count). The number of aldehydes is 1. The van der Waals surface area contributed by atoms with E-state index in [4.69, 9.17) is 4.74 Å². The summed E-state index contributed by atoms with van der Waals surface area (Å²) in [6, 6.07) is 7.59. The van der Waals surface area contributed by atoms with Crippen molar-refractivity contribution in [2.75, 3.05) is 7.11 Å². The molecule has 5 heteroatoms. The molecule has 0 aliphatic carbocycles. The first-order valence-corrected chi connectivity index (χ1v) is 7.33. The molecule has 1 aromatic carbocycles. The Labute approximate surface area is 124 Å². The number of aromatic nitrogens is 3. The van der Waals surface area contributed by atoms with Gasteiger partial charge in [0.2, 0.25) is 0 Å². The third-order valence-corrected chi connectivity index (χ3v) is 3.46. The highest BCUT2D eigenvalue weighted by Gasteiger charge is 2.14. The van der Waals surface area contributed by atoms with Gasteiger partial charge < -0.3 is 4.74 Å². The zero-order valence-corrected chi connectivity index (χ0v) is 12.6. The Balaban J connectivity index is 2.22. The summed E-state index contributed by atoms with van der Waals surface area (Å²) in [4.78, 5) is 11.2. The zero-order valence-electron chi connectivity index (χ0n) is 12.6. The third kappa shape index (κ3) is 3.68. The van der Waals surface area contributed by atoms with Crippen LogP contribution >= 0.6 is 0 Å². The van der Waals surface area contributed by atoms with Crippen LogP contribution in [0.3, 0.4) is 0 Å². The van der Waals surface area contributed by atoms with Crippen molar-refractivity contribution in [3.8, 4) is 17.0 Å². The van der Waals surface area contributed by atoms with Crippen molar-refractivity contribution in [3.63, 3.8) is 0 Å². The summed E-state index contributed by atoms with van der Waals surface area (Å²) in [5.41, 5.74) is 2.10. The molecule has 0 saturated carbocycles. The monoisotopic (exact) mass is 287 g/mol. The fourth-order valence-corrected chi connectivity index (χ4v) is 2.30. The van der Waals surface area contributed by atoms with Crippen LogP contribution in [0, 0.1) is 0 Å². The van der Waals surface area contributed by atoms with Crippen LogP contribution in [0.1, 0.15) is 43.1 Å². The van der Waals surface area contributed by atoms with Gasteiger partial charge in [-0.05, 0) is 30.7 Å². The predicted octanol–water partition coefficient (Wildman–Crippen LogP) is 3.35. The molecule has 0 spiro atoms. The van der Waals surface area contributed by atoms with Gasteiger partial charge in [0.25, 0.3) is 0 Å². The molecule has 0 fully saturated rings. The fourth-order valence-electron chi connectivity index (χ4n) is 2.30. The number of benzene rings is 1. The maximum absolute atomic E-state index is 11.2. The normalized spacial score (nSPS) is 10.6. The quantitative estimate of drug-likeness (QED) is 0.552. The standard InChI is InChI=1S/C16H21N3O2/c1-3-4-5-6-11-19-16(15(12-20)17-18-19)13-7-9-14(21-2)10-8-13/h7-10,12H,3-6,11H2,1-2H3. The summed E-state index contributed by atoms with van der Waals surface area (Å²) >= 11 is 0. The Morgan fingerprint density at radius 3 is 2.57 bits per heavy atom. The molecule has 5 nitrogen and oxygen atoms in total. The largest absolute Gasteiger partial charge is 0.497 e. The van der Waals surface area contributed by atoms with Crippen LogP contribution in [0.15, 0.2) is 24.3 Å². The van der Waals surface area contributed by atoms with Gasteiger partial charge in [-0.15, -0.1) is 5.10 Å². The lowest BCUT2D eigenvalue weighted by atomic mass is 10.1. The molecule has 0 N–H and O–H groups in total. The van der Waals surface area contributed by atoms with E-state index in [9.17, 15) is 4.79 Å². The van der Waals surface area contributed by atoms with Crippen molar-refractivity contribution >= 4 is 6.29 Å². The second-order valence-electron chi connectivity index (χ2n) is 4.95. The SMILES string of the molecule is CCCCCCn1nnc(C=O)c1-c1ccc(OC)cc1. The van der Waals surface area contributed by atoms with E-state index in [2.05, 4.69) is 17.2 Å². The molecule has 0 bridgehead atoms. The van der Waals surface area contributed by atoms with Gasteiger partial charge in [-0.25, -0.2) is 4.68 Å². The number of carbonyl (C=O) groups is 1. The average Bonchev–Trinajstić information content (AvgIpc) is 2.94. The number of unbranched alkanes of at least 4 members (excludes halogenated alkanes) is 3. The highest BCUT2D eigenvalue weighted by molar-refractivity contribution is 5.83. The van der Waals surface area contributed by atoms with Crippen molar-refractivity contribution in [2.45, 2.75) is 39.2 Å². The van der Waals surface area contributed by atoms with Crippen molar-refractivity contribution < 1.29 is 9.53 Å². The first-order valence-electron chi connectivity index (χ1n) is 7.33. The Bertz CT molecular complexity index is 576. The number of carbonyl (C=O) groups excluding carboxylic acids is 1. The van der Waals surface area contributed by atoms with Gasteiger partial charge in [-0.1, -0.05) is 31.4 Å². The van der Waals surface area contributed by atoms with Crippen LogP contribution in [0.25, 0.3) is 11.3 Å². The van der Waals surface area contributed by atoms with Gasteiger partial charge in [0.1, 0.15) is 5.75 Å². The maximum atomic E-state index is 11.2. The van der Waals surface area contributed by atoms with Crippen LogP contribution in [0.5, 0.6) is 5.75 Å². The molecule has 0 aliphatic rings. The summed E-state index contributed by atoms with van der Waals surface area (Å²) in [6.45, 7) is 2.96. The number of hydrogen-bond donors (Lipinski definition) is 0. The molecular formula is C16H21N3O2. The molecule has 0 aliphatic heterocycles. The summed E-state index contributed by atoms with van der Waals surface area (Å²) in [7, 11) is 1.63. The van der Waals surface area contributed by atoms with Crippen molar-refractivity contribution in [3.05, 3.63) is 30.0 Å². The summed E-state index contributed by atoms with van der Waals surface area (Å²) in [6.07, 6.45) is 5.37. The van der Waals surface area contributed by atoms with E-state index < -0.39 is 0 Å². The Morgan fingerprint density at radius 2 is 1.95 bits per heavy atom. The molecular weight excluding hydrogens is 266 g/mol. The van der Waals surface area contributed by atoms with Crippen LogP contribution < -0.4 is 4.74 Å². The smallest absolute Gasteiger partial charge is 0.172 e. The van der Waals surface area contributed by atoms with Gasteiger partial charge in [0.05, 0.1) is 12.8 Å². The summed E-state index contributed by atoms with van der Waals surface area (Å²) < 4.78 is 6.98. The minimum atomic E-state index is 0.385. The Kier molecular flexibility index (Phi) is 5.49. The van der Waals surface area contributed by atoms with Gasteiger partial charge in [0.15, 0.2) is 12.0 Å². The first kappa shape index (κ1) is 15.2. The van der Waals surface area contributed by atoms with Crippen LogP contribution in [0.4, 0.5) is 0 Å². The second-order valence-corrected chi connectivity index (χ2v) is 4.95. The Morgan fingerprint density at radius 1 is 1.19 bits per heavy atom. The zero-order chi connectivity index (χ0) is 15.1. The third-order valence-electron chi connectivity index (χ3n) is 3.46. The molecule has 1 heterocycles. The molecule has 0 saturated heterocycles. The van der Waals surface area contributed by atoms with E-state index in [1.165, 1.54) is 12.8 Å². The van der Waals surface area contributed by atoms with E-state index in [0.717, 1.165) is 42.7 Å². The Hall–Kier alpha value is -2.17. The lowest BCUT2D eigenvalue weighted by Crippen LogP contribution is -2.03. The highest BCUT2D eigenvalue weighted by atomic mass is 16.5. The fraction of sp³-hybridized carbons (Fsp3) is 0.438. The number of hydrogen-bond acceptors (Lipinski definition) is 4. The highest BCUT2D eigenvalue weighted by Crippen LogP contribution is 2.24. The van der Waals surface area contributed by atoms with Crippen LogP contribution in [-0.2, 0) is 6.54 Å². The van der Waals surface area contributed by atoms with E-state index in [1.807, 2.05) is 28.9 Å². The molecule has 0 amide bonds. The minimum absolute atomic E-state index is 0.385. The van der Waals surface area contributed by atoms with Gasteiger partial charge in [-0.2, -0.15) is 0 Å². The molecule has 1 aromatic heterocycles. The molecule has 112 valence electrons. The van der Waals surface area contributed by atoms with E-state index in [-0.39, 0.29) is 0 Å². The van der Waals surface area contributed by atoms with E-state index in [1.54, 1.807) is 7.11 Å². The number of rotatable bonds is 8. The molecule has 0 radical (unpaired) electrons. The van der Waals surface area contributed by atoms with Gasteiger partial charge in [-0.3, -0.25) is 4.79 Å². The van der Waals surface area contributed by atoms with Gasteiger partial charge in [0, 0.05) is 12.1 Å². The molecule has 0 atom stereocenters. The molecule has 2 aromatic rings. The topological polar surface area (TPSA) is 57.0 Å². The van der Waals surface area contributed by atoms with Crippen molar-refractivity contribution in [2.24, 2.45) is 0 Å². The maximum Gasteiger partial charge on any atom is 0.172 e. The van der Waals surface area contributed by atoms with Crippen molar-refractivity contribution in [1.82, 2.24) is 15.0 Å². The minimum Gasteiger partial charge on any atom is -0.497 e. The molecule has 21 heavy (non-hydrogen) atoms. The van der Waals surface area contributed by atoms with Gasteiger partial charge >= 0.3 is 0 Å². The van der Waals surface area contributed by atoms with Crippen LogP contribution in [-0.4, -0.2) is 28.4 Å². The average molecular weight is 287 g/mol. The lowest BCUT2D eigenvalue weighted by Gasteiger charge is -2.08. The number of nitrogens with zero attached hydrogens (tertiary/aromatic N) is 3. The predicted molar refractivity (Wildman–Crippen MR) is 81.5 cm³/mol.